The molecule has 24 heavy (non-hydrogen) atoms. The van der Waals surface area contributed by atoms with Gasteiger partial charge in [-0.3, -0.25) is 4.79 Å². The van der Waals surface area contributed by atoms with E-state index < -0.39 is 23.1 Å². The van der Waals surface area contributed by atoms with Gasteiger partial charge in [-0.05, 0) is 25.0 Å². The van der Waals surface area contributed by atoms with Gasteiger partial charge >= 0.3 is 0 Å². The summed E-state index contributed by atoms with van der Waals surface area (Å²) >= 11 is 0. The Morgan fingerprint density at radius 3 is 2.04 bits per heavy atom. The van der Waals surface area contributed by atoms with Gasteiger partial charge < -0.3 is 5.32 Å². The Bertz CT molecular complexity index is 503. The Morgan fingerprint density at radius 2 is 1.46 bits per heavy atom. The van der Waals surface area contributed by atoms with E-state index in [2.05, 4.69) is 12.2 Å². The summed E-state index contributed by atoms with van der Waals surface area (Å²) < 4.78 is 27.4. The standard InChI is InChI=1S/C20H31F2NO/c1-3-4-5-6-7-8-9-10-11-12-15-23-20(24)18-17(21)14-13-16(2)19(18)22/h13-14H,3-12,15H2,1-2H3,(H,23,24). The van der Waals surface area contributed by atoms with Crippen LogP contribution in [0.5, 0.6) is 0 Å². The molecule has 0 aliphatic carbocycles. The fourth-order valence-electron chi connectivity index (χ4n) is 2.77. The van der Waals surface area contributed by atoms with E-state index in [1.54, 1.807) is 0 Å². The molecule has 0 saturated heterocycles. The van der Waals surface area contributed by atoms with Gasteiger partial charge in [-0.1, -0.05) is 70.8 Å². The average molecular weight is 339 g/mol. The lowest BCUT2D eigenvalue weighted by Gasteiger charge is -2.08. The van der Waals surface area contributed by atoms with Crippen molar-refractivity contribution in [3.05, 3.63) is 34.9 Å². The van der Waals surface area contributed by atoms with Crippen LogP contribution in [0.2, 0.25) is 0 Å². The van der Waals surface area contributed by atoms with Crippen molar-refractivity contribution in [1.82, 2.24) is 5.32 Å². The van der Waals surface area contributed by atoms with Crippen LogP contribution >= 0.6 is 0 Å². The van der Waals surface area contributed by atoms with Crippen LogP contribution in [0, 0.1) is 18.6 Å². The van der Waals surface area contributed by atoms with E-state index in [-0.39, 0.29) is 5.56 Å². The summed E-state index contributed by atoms with van der Waals surface area (Å²) in [6.07, 6.45) is 12.1. The molecule has 1 N–H and O–H groups in total. The molecule has 0 heterocycles. The molecule has 0 fully saturated rings. The Balaban J connectivity index is 2.12. The molecular weight excluding hydrogens is 308 g/mol. The van der Waals surface area contributed by atoms with E-state index in [1.165, 1.54) is 57.9 Å². The predicted molar refractivity (Wildman–Crippen MR) is 95.3 cm³/mol. The first-order chi connectivity index (χ1) is 11.6. The minimum Gasteiger partial charge on any atom is -0.352 e. The normalized spacial score (nSPS) is 10.8. The van der Waals surface area contributed by atoms with Crippen LogP contribution in [0.25, 0.3) is 0 Å². The van der Waals surface area contributed by atoms with Crippen molar-refractivity contribution < 1.29 is 13.6 Å². The number of carbonyl (C=O) groups excluding carboxylic acids is 1. The molecule has 0 unspecified atom stereocenters. The van der Waals surface area contributed by atoms with Crippen LogP contribution < -0.4 is 5.32 Å². The monoisotopic (exact) mass is 339 g/mol. The number of rotatable bonds is 12. The van der Waals surface area contributed by atoms with Crippen LogP contribution in [0.15, 0.2) is 12.1 Å². The summed E-state index contributed by atoms with van der Waals surface area (Å²) in [6.45, 7) is 4.20. The van der Waals surface area contributed by atoms with E-state index in [4.69, 9.17) is 0 Å². The average Bonchev–Trinajstić information content (AvgIpc) is 2.56. The van der Waals surface area contributed by atoms with Crippen LogP contribution in [-0.4, -0.2) is 12.5 Å². The summed E-state index contributed by atoms with van der Waals surface area (Å²) in [4.78, 5) is 11.9. The first-order valence-electron chi connectivity index (χ1n) is 9.30. The number of aryl methyl sites for hydroxylation is 1. The van der Waals surface area contributed by atoms with Crippen molar-refractivity contribution >= 4 is 5.91 Å². The van der Waals surface area contributed by atoms with Gasteiger partial charge in [-0.25, -0.2) is 8.78 Å². The van der Waals surface area contributed by atoms with E-state index in [0.29, 0.717) is 6.54 Å². The van der Waals surface area contributed by atoms with Gasteiger partial charge in [0.2, 0.25) is 0 Å². The number of nitrogens with one attached hydrogen (secondary N) is 1. The van der Waals surface area contributed by atoms with Gasteiger partial charge in [0, 0.05) is 6.54 Å². The number of halogens is 2. The summed E-state index contributed by atoms with van der Waals surface area (Å²) in [6, 6.07) is 2.47. The third-order valence-corrected chi connectivity index (χ3v) is 4.33. The van der Waals surface area contributed by atoms with E-state index in [1.807, 2.05) is 0 Å². The molecule has 0 atom stereocenters. The third-order valence-electron chi connectivity index (χ3n) is 4.33. The van der Waals surface area contributed by atoms with E-state index in [9.17, 15) is 13.6 Å². The minimum atomic E-state index is -0.807. The van der Waals surface area contributed by atoms with Gasteiger partial charge in [-0.2, -0.15) is 0 Å². The number of carbonyl (C=O) groups is 1. The Morgan fingerprint density at radius 1 is 0.917 bits per heavy atom. The molecule has 0 aromatic heterocycles. The summed E-state index contributed by atoms with van der Waals surface area (Å²) in [5.74, 6) is -2.24. The SMILES string of the molecule is CCCCCCCCCCCCNC(=O)c1c(F)ccc(C)c1F. The van der Waals surface area contributed by atoms with Crippen molar-refractivity contribution in [3.8, 4) is 0 Å². The molecule has 0 saturated carbocycles. The molecule has 0 aliphatic heterocycles. The summed E-state index contributed by atoms with van der Waals surface area (Å²) in [5.41, 5.74) is -0.192. The number of hydrogen-bond acceptors (Lipinski definition) is 1. The maximum atomic E-state index is 13.8. The zero-order valence-corrected chi connectivity index (χ0v) is 15.1. The highest BCUT2D eigenvalue weighted by atomic mass is 19.1. The lowest BCUT2D eigenvalue weighted by Crippen LogP contribution is -2.26. The fourth-order valence-corrected chi connectivity index (χ4v) is 2.77. The van der Waals surface area contributed by atoms with E-state index in [0.717, 1.165) is 25.3 Å². The smallest absolute Gasteiger partial charge is 0.257 e. The van der Waals surface area contributed by atoms with Crippen molar-refractivity contribution in [2.24, 2.45) is 0 Å². The molecule has 1 amide bonds. The first kappa shape index (κ1) is 20.6. The van der Waals surface area contributed by atoms with Crippen molar-refractivity contribution in [2.75, 3.05) is 6.54 Å². The second-order valence-corrected chi connectivity index (χ2v) is 6.49. The predicted octanol–water partition coefficient (Wildman–Crippen LogP) is 5.92. The third kappa shape index (κ3) is 7.41. The van der Waals surface area contributed by atoms with Gasteiger partial charge in [0.1, 0.15) is 17.2 Å². The highest BCUT2D eigenvalue weighted by molar-refractivity contribution is 5.94. The van der Waals surface area contributed by atoms with Crippen molar-refractivity contribution in [2.45, 2.75) is 78.1 Å². The highest BCUT2D eigenvalue weighted by Crippen LogP contribution is 2.16. The fraction of sp³-hybridized carbons (Fsp3) is 0.650. The van der Waals surface area contributed by atoms with Crippen LogP contribution in [0.1, 0.15) is 87.1 Å². The second-order valence-electron chi connectivity index (χ2n) is 6.49. The number of hydrogen-bond donors (Lipinski definition) is 1. The Labute approximate surface area is 145 Å². The number of unbranched alkanes of at least 4 members (excludes halogenated alkanes) is 9. The molecular formula is C20H31F2NO. The zero-order chi connectivity index (χ0) is 17.8. The van der Waals surface area contributed by atoms with E-state index >= 15 is 0 Å². The van der Waals surface area contributed by atoms with Gasteiger partial charge in [0.25, 0.3) is 5.91 Å². The molecule has 0 aliphatic rings. The summed E-state index contributed by atoms with van der Waals surface area (Å²) in [7, 11) is 0. The Kier molecular flexibility index (Phi) is 10.3. The topological polar surface area (TPSA) is 29.1 Å². The quantitative estimate of drug-likeness (QED) is 0.470. The maximum Gasteiger partial charge on any atom is 0.257 e. The lowest BCUT2D eigenvalue weighted by atomic mass is 10.1. The van der Waals surface area contributed by atoms with Gasteiger partial charge in [-0.15, -0.1) is 0 Å². The van der Waals surface area contributed by atoms with Crippen molar-refractivity contribution in [1.29, 1.82) is 0 Å². The molecule has 0 radical (unpaired) electrons. The Hall–Kier alpha value is -1.45. The van der Waals surface area contributed by atoms with Crippen LogP contribution in [0.4, 0.5) is 8.78 Å². The minimum absolute atomic E-state index is 0.278. The van der Waals surface area contributed by atoms with Crippen LogP contribution in [0.3, 0.4) is 0 Å². The van der Waals surface area contributed by atoms with Gasteiger partial charge in [0.15, 0.2) is 0 Å². The second kappa shape index (κ2) is 12.0. The maximum absolute atomic E-state index is 13.8. The number of amides is 1. The zero-order valence-electron chi connectivity index (χ0n) is 15.1. The van der Waals surface area contributed by atoms with Crippen LogP contribution in [-0.2, 0) is 0 Å². The summed E-state index contributed by atoms with van der Waals surface area (Å²) in [5, 5.41) is 2.61. The molecule has 136 valence electrons. The van der Waals surface area contributed by atoms with Gasteiger partial charge in [0.05, 0.1) is 0 Å². The first-order valence-corrected chi connectivity index (χ1v) is 9.30. The molecule has 4 heteroatoms. The lowest BCUT2D eigenvalue weighted by molar-refractivity contribution is 0.0944. The molecule has 2 nitrogen and oxygen atoms in total. The largest absolute Gasteiger partial charge is 0.352 e. The van der Waals surface area contributed by atoms with Crippen molar-refractivity contribution in [3.63, 3.8) is 0 Å². The highest BCUT2D eigenvalue weighted by Gasteiger charge is 2.18. The molecule has 1 rings (SSSR count). The molecule has 1 aromatic rings. The molecule has 0 bridgehead atoms. The number of benzene rings is 1. The molecule has 0 spiro atoms. The molecule has 1 aromatic carbocycles.